The van der Waals surface area contributed by atoms with Gasteiger partial charge in [0.05, 0.1) is 18.2 Å². The molecule has 0 bridgehead atoms. The number of rotatable bonds is 3. The van der Waals surface area contributed by atoms with Gasteiger partial charge in [-0.15, -0.1) is 0 Å². The van der Waals surface area contributed by atoms with Crippen molar-refractivity contribution in [3.05, 3.63) is 35.2 Å². The third-order valence-corrected chi connectivity index (χ3v) is 4.00. The van der Waals surface area contributed by atoms with Crippen LogP contribution < -0.4 is 0 Å². The number of pyridine rings is 1. The minimum absolute atomic E-state index is 0.0574. The van der Waals surface area contributed by atoms with E-state index in [1.54, 1.807) is 0 Å². The smallest absolute Gasteiger partial charge is 0.309 e. The Morgan fingerprint density at radius 1 is 1.42 bits per heavy atom. The highest BCUT2D eigenvalue weighted by molar-refractivity contribution is 5.81. The van der Waals surface area contributed by atoms with Crippen molar-refractivity contribution in [1.29, 1.82) is 0 Å². The monoisotopic (exact) mass is 259 g/mol. The van der Waals surface area contributed by atoms with Crippen molar-refractivity contribution in [3.8, 4) is 0 Å². The quantitative estimate of drug-likeness (QED) is 0.781. The number of carbonyl (C=O) groups excluding carboxylic acids is 1. The van der Waals surface area contributed by atoms with Crippen LogP contribution in [-0.4, -0.2) is 17.6 Å². The fourth-order valence-corrected chi connectivity index (χ4v) is 2.62. The SMILES string of the molecule is CCOC(=O)[C@@H]1CC(c2ccc(C)cn2)=C(C)[C@H]1C. The number of allylic oxidation sites excluding steroid dienone is 2. The number of carbonyl (C=O) groups is 1. The molecule has 1 aromatic heterocycles. The van der Waals surface area contributed by atoms with Crippen molar-refractivity contribution < 1.29 is 9.53 Å². The van der Waals surface area contributed by atoms with Gasteiger partial charge in [-0.25, -0.2) is 0 Å². The van der Waals surface area contributed by atoms with Gasteiger partial charge in [0.25, 0.3) is 0 Å². The molecule has 1 heterocycles. The Hall–Kier alpha value is -1.64. The summed E-state index contributed by atoms with van der Waals surface area (Å²) >= 11 is 0. The van der Waals surface area contributed by atoms with E-state index in [4.69, 9.17) is 4.74 Å². The molecule has 0 saturated heterocycles. The van der Waals surface area contributed by atoms with Gasteiger partial charge in [0.15, 0.2) is 0 Å². The third-order valence-electron chi connectivity index (χ3n) is 4.00. The molecule has 0 saturated carbocycles. The molecule has 19 heavy (non-hydrogen) atoms. The topological polar surface area (TPSA) is 39.2 Å². The highest BCUT2D eigenvalue weighted by Gasteiger charge is 2.36. The maximum absolute atomic E-state index is 12.0. The zero-order valence-electron chi connectivity index (χ0n) is 12.1. The van der Waals surface area contributed by atoms with E-state index in [2.05, 4.69) is 24.9 Å². The molecule has 0 aliphatic heterocycles. The maximum atomic E-state index is 12.0. The first-order valence-corrected chi connectivity index (χ1v) is 6.84. The molecule has 102 valence electrons. The predicted octanol–water partition coefficient (Wildman–Crippen LogP) is 3.38. The standard InChI is InChI=1S/C16H21NO2/c1-5-19-16(18)14-8-13(11(3)12(14)4)15-7-6-10(2)9-17-15/h6-7,9,12,14H,5,8H2,1-4H3/t12-,14-/m1/s1. The Labute approximate surface area is 114 Å². The maximum Gasteiger partial charge on any atom is 0.309 e. The van der Waals surface area contributed by atoms with E-state index >= 15 is 0 Å². The molecule has 1 aromatic rings. The van der Waals surface area contributed by atoms with Gasteiger partial charge >= 0.3 is 5.97 Å². The van der Waals surface area contributed by atoms with Crippen LogP contribution in [0.3, 0.4) is 0 Å². The highest BCUT2D eigenvalue weighted by Crippen LogP contribution is 2.41. The van der Waals surface area contributed by atoms with E-state index in [1.807, 2.05) is 26.1 Å². The molecule has 0 fully saturated rings. The zero-order valence-corrected chi connectivity index (χ0v) is 12.1. The molecule has 1 aliphatic rings. The van der Waals surface area contributed by atoms with Crippen LogP contribution in [0.25, 0.3) is 5.57 Å². The molecular weight excluding hydrogens is 238 g/mol. The van der Waals surface area contributed by atoms with Crippen molar-refractivity contribution >= 4 is 11.5 Å². The van der Waals surface area contributed by atoms with Crippen molar-refractivity contribution in [2.24, 2.45) is 11.8 Å². The number of ether oxygens (including phenoxy) is 1. The van der Waals surface area contributed by atoms with Crippen molar-refractivity contribution in [2.45, 2.75) is 34.1 Å². The number of hydrogen-bond donors (Lipinski definition) is 0. The van der Waals surface area contributed by atoms with Crippen LogP contribution in [0.15, 0.2) is 23.9 Å². The van der Waals surface area contributed by atoms with Crippen LogP contribution in [0.2, 0.25) is 0 Å². The lowest BCUT2D eigenvalue weighted by Gasteiger charge is -2.14. The first kappa shape index (κ1) is 13.8. The lowest BCUT2D eigenvalue weighted by Crippen LogP contribution is -2.21. The lowest BCUT2D eigenvalue weighted by molar-refractivity contribution is -0.148. The number of aromatic nitrogens is 1. The first-order chi connectivity index (χ1) is 9.04. The summed E-state index contributed by atoms with van der Waals surface area (Å²) in [5, 5.41) is 0. The summed E-state index contributed by atoms with van der Waals surface area (Å²) < 4.78 is 5.16. The summed E-state index contributed by atoms with van der Waals surface area (Å²) in [5.74, 6) is 0.0895. The lowest BCUT2D eigenvalue weighted by atomic mass is 9.94. The van der Waals surface area contributed by atoms with Gasteiger partial charge in [0.2, 0.25) is 0 Å². The molecule has 2 rings (SSSR count). The molecule has 2 atom stereocenters. The first-order valence-electron chi connectivity index (χ1n) is 6.84. The van der Waals surface area contributed by atoms with Gasteiger partial charge in [0.1, 0.15) is 0 Å². The summed E-state index contributed by atoms with van der Waals surface area (Å²) in [4.78, 5) is 16.4. The molecule has 3 heteroatoms. The third kappa shape index (κ3) is 2.70. The molecule has 0 amide bonds. The average Bonchev–Trinajstić information content (AvgIpc) is 2.68. The number of nitrogens with zero attached hydrogens (tertiary/aromatic N) is 1. The molecular formula is C16H21NO2. The van der Waals surface area contributed by atoms with Gasteiger partial charge in [-0.1, -0.05) is 18.6 Å². The Morgan fingerprint density at radius 2 is 2.16 bits per heavy atom. The fraction of sp³-hybridized carbons (Fsp3) is 0.500. The molecule has 1 aliphatic carbocycles. The second kappa shape index (κ2) is 5.55. The van der Waals surface area contributed by atoms with Gasteiger partial charge in [0, 0.05) is 6.20 Å². The molecule has 0 radical (unpaired) electrons. The molecule has 0 spiro atoms. The van der Waals surface area contributed by atoms with Crippen molar-refractivity contribution in [1.82, 2.24) is 4.98 Å². The Balaban J connectivity index is 2.23. The summed E-state index contributed by atoms with van der Waals surface area (Å²) in [6.45, 7) is 8.51. The van der Waals surface area contributed by atoms with Crippen LogP contribution in [0.5, 0.6) is 0 Å². The van der Waals surface area contributed by atoms with Crippen LogP contribution >= 0.6 is 0 Å². The second-order valence-electron chi connectivity index (χ2n) is 5.23. The van der Waals surface area contributed by atoms with E-state index < -0.39 is 0 Å². The summed E-state index contributed by atoms with van der Waals surface area (Å²) in [7, 11) is 0. The highest BCUT2D eigenvalue weighted by atomic mass is 16.5. The van der Waals surface area contributed by atoms with E-state index in [-0.39, 0.29) is 17.8 Å². The summed E-state index contributed by atoms with van der Waals surface area (Å²) in [5.41, 5.74) is 4.59. The van der Waals surface area contributed by atoms with Gasteiger partial charge in [-0.05, 0) is 50.3 Å². The van der Waals surface area contributed by atoms with Gasteiger partial charge in [-0.3, -0.25) is 9.78 Å². The molecule has 0 unspecified atom stereocenters. The van der Waals surface area contributed by atoms with Crippen LogP contribution in [0.4, 0.5) is 0 Å². The van der Waals surface area contributed by atoms with Crippen LogP contribution in [0.1, 0.15) is 38.4 Å². The van der Waals surface area contributed by atoms with E-state index in [1.165, 1.54) is 11.1 Å². The fourth-order valence-electron chi connectivity index (χ4n) is 2.62. The number of esters is 1. The van der Waals surface area contributed by atoms with Crippen molar-refractivity contribution in [2.75, 3.05) is 6.61 Å². The minimum atomic E-state index is -0.0866. The minimum Gasteiger partial charge on any atom is -0.466 e. The Kier molecular flexibility index (Phi) is 4.03. The number of hydrogen-bond acceptors (Lipinski definition) is 3. The second-order valence-corrected chi connectivity index (χ2v) is 5.23. The van der Waals surface area contributed by atoms with Crippen LogP contribution in [-0.2, 0) is 9.53 Å². The van der Waals surface area contributed by atoms with E-state index in [0.29, 0.717) is 6.61 Å². The van der Waals surface area contributed by atoms with Crippen molar-refractivity contribution in [3.63, 3.8) is 0 Å². The largest absolute Gasteiger partial charge is 0.466 e. The van der Waals surface area contributed by atoms with Gasteiger partial charge < -0.3 is 4.74 Å². The summed E-state index contributed by atoms with van der Waals surface area (Å²) in [6.07, 6.45) is 2.61. The number of aryl methyl sites for hydroxylation is 1. The van der Waals surface area contributed by atoms with E-state index in [9.17, 15) is 4.79 Å². The average molecular weight is 259 g/mol. The molecule has 0 aromatic carbocycles. The molecule has 0 N–H and O–H groups in total. The summed E-state index contributed by atoms with van der Waals surface area (Å²) in [6, 6.07) is 4.10. The zero-order chi connectivity index (χ0) is 14.0. The Morgan fingerprint density at radius 3 is 2.74 bits per heavy atom. The van der Waals surface area contributed by atoms with Gasteiger partial charge in [-0.2, -0.15) is 0 Å². The molecule has 3 nitrogen and oxygen atoms in total. The van der Waals surface area contributed by atoms with Crippen LogP contribution in [0, 0.1) is 18.8 Å². The normalized spacial score (nSPS) is 22.7. The predicted molar refractivity (Wildman–Crippen MR) is 75.5 cm³/mol. The Bertz CT molecular complexity index is 502. The van der Waals surface area contributed by atoms with E-state index in [0.717, 1.165) is 17.7 Å².